The molecule has 0 saturated carbocycles. The number of aromatic nitrogens is 4. The number of nitrogens with one attached hydrogen (secondary N) is 1. The summed E-state index contributed by atoms with van der Waals surface area (Å²) in [7, 11) is 0.487. The van der Waals surface area contributed by atoms with Crippen LogP contribution in [-0.2, 0) is 11.0 Å². The highest BCUT2D eigenvalue weighted by Gasteiger charge is 2.13. The second-order valence-corrected chi connectivity index (χ2v) is 8.84. The van der Waals surface area contributed by atoms with Gasteiger partial charge in [-0.2, -0.15) is 0 Å². The van der Waals surface area contributed by atoms with Crippen LogP contribution in [0.2, 0.25) is 0 Å². The number of ether oxygens (including phenoxy) is 1. The normalized spacial score (nSPS) is 12.8. The van der Waals surface area contributed by atoms with E-state index < -0.39 is 11.0 Å². The number of hydrogen-bond acceptors (Lipinski definition) is 4. The number of hydrogen-bond donors (Lipinski definition) is 1. The van der Waals surface area contributed by atoms with Crippen LogP contribution in [0.5, 0.6) is 5.75 Å². The van der Waals surface area contributed by atoms with Crippen molar-refractivity contribution < 1.29 is 8.95 Å². The van der Waals surface area contributed by atoms with Crippen LogP contribution in [0.15, 0.2) is 53.8 Å². The number of rotatable bonds is 8. The highest BCUT2D eigenvalue weighted by atomic mass is 32.2. The predicted octanol–water partition coefficient (Wildman–Crippen LogP) is 4.60. The lowest BCUT2D eigenvalue weighted by atomic mass is 10.1. The molecule has 2 aromatic carbocycles. The standard InChI is InChI=1S/C24H27N5O2S/c1-5-29(6-2)32(30)19-9-10-20-21(14-19)27-24(26-20)12-8-18-7-11-22(23(13-18)31-4)28-15-17(3)25-16-28/h7-16H,5-6H2,1-4H3,(H,26,27)/b12-8+. The minimum atomic E-state index is -1.17. The van der Waals surface area contributed by atoms with Crippen molar-refractivity contribution >= 4 is 34.2 Å². The lowest BCUT2D eigenvalue weighted by Gasteiger charge is -2.16. The molecule has 2 heterocycles. The number of H-pyrrole nitrogens is 1. The SMILES string of the molecule is CCN(CC)S(=O)c1ccc2nc(/C=C/c3ccc(-n4cnc(C)c4)c(OC)c3)[nH]c2c1. The van der Waals surface area contributed by atoms with E-state index in [0.717, 1.165) is 57.5 Å². The number of fused-ring (bicyclic) bond motifs is 1. The van der Waals surface area contributed by atoms with Gasteiger partial charge in [-0.3, -0.25) is 0 Å². The van der Waals surface area contributed by atoms with Crippen LogP contribution >= 0.6 is 0 Å². The molecule has 0 bridgehead atoms. The van der Waals surface area contributed by atoms with Gasteiger partial charge in [0, 0.05) is 19.3 Å². The molecule has 0 aliphatic heterocycles. The summed E-state index contributed by atoms with van der Waals surface area (Å²) in [5, 5.41) is 0. The van der Waals surface area contributed by atoms with Gasteiger partial charge in [0.05, 0.1) is 40.7 Å². The number of benzene rings is 2. The molecule has 4 aromatic rings. The van der Waals surface area contributed by atoms with Crippen molar-refractivity contribution in [2.45, 2.75) is 25.7 Å². The fraction of sp³-hybridized carbons (Fsp3) is 0.250. The summed E-state index contributed by atoms with van der Waals surface area (Å²) in [6, 6.07) is 11.7. The lowest BCUT2D eigenvalue weighted by molar-refractivity contribution is 0.413. The summed E-state index contributed by atoms with van der Waals surface area (Å²) in [6.07, 6.45) is 7.65. The summed E-state index contributed by atoms with van der Waals surface area (Å²) in [5.41, 5.74) is 4.58. The second kappa shape index (κ2) is 9.50. The molecule has 7 nitrogen and oxygen atoms in total. The predicted molar refractivity (Wildman–Crippen MR) is 129 cm³/mol. The van der Waals surface area contributed by atoms with Crippen molar-refractivity contribution in [1.82, 2.24) is 23.8 Å². The minimum Gasteiger partial charge on any atom is -0.495 e. The Morgan fingerprint density at radius 1 is 1.16 bits per heavy atom. The van der Waals surface area contributed by atoms with E-state index in [2.05, 4.69) is 15.0 Å². The van der Waals surface area contributed by atoms with E-state index in [1.54, 1.807) is 13.4 Å². The summed E-state index contributed by atoms with van der Waals surface area (Å²) in [4.78, 5) is 13.0. The molecule has 1 N–H and O–H groups in total. The average Bonchev–Trinajstić information content (AvgIpc) is 3.43. The van der Waals surface area contributed by atoms with Crippen molar-refractivity contribution in [2.24, 2.45) is 0 Å². The van der Waals surface area contributed by atoms with E-state index in [0.29, 0.717) is 0 Å². The van der Waals surface area contributed by atoms with Gasteiger partial charge >= 0.3 is 0 Å². The van der Waals surface area contributed by atoms with Gasteiger partial charge in [-0.25, -0.2) is 18.5 Å². The third-order valence-electron chi connectivity index (χ3n) is 5.24. The molecule has 1 atom stereocenters. The maximum Gasteiger partial charge on any atom is 0.143 e. The number of imidazole rings is 2. The quantitative estimate of drug-likeness (QED) is 0.427. The fourth-order valence-corrected chi connectivity index (χ4v) is 4.71. The van der Waals surface area contributed by atoms with Crippen LogP contribution in [0.4, 0.5) is 0 Å². The maximum absolute atomic E-state index is 12.7. The number of aryl methyl sites for hydroxylation is 1. The third kappa shape index (κ3) is 4.51. The topological polar surface area (TPSA) is 76.0 Å². The summed E-state index contributed by atoms with van der Waals surface area (Å²) < 4.78 is 22.2. The molecule has 166 valence electrons. The zero-order valence-corrected chi connectivity index (χ0v) is 19.5. The largest absolute Gasteiger partial charge is 0.495 e. The Morgan fingerprint density at radius 2 is 1.97 bits per heavy atom. The fourth-order valence-electron chi connectivity index (χ4n) is 3.54. The molecule has 0 fully saturated rings. The van der Waals surface area contributed by atoms with Crippen LogP contribution in [0.25, 0.3) is 28.9 Å². The maximum atomic E-state index is 12.7. The van der Waals surface area contributed by atoms with Gasteiger partial charge in [0.15, 0.2) is 0 Å². The van der Waals surface area contributed by atoms with Crippen molar-refractivity contribution in [3.8, 4) is 11.4 Å². The monoisotopic (exact) mass is 449 g/mol. The molecule has 0 aliphatic rings. The Kier molecular flexibility index (Phi) is 6.53. The van der Waals surface area contributed by atoms with Gasteiger partial charge in [-0.1, -0.05) is 26.0 Å². The van der Waals surface area contributed by atoms with E-state index in [-0.39, 0.29) is 0 Å². The zero-order chi connectivity index (χ0) is 22.7. The Bertz CT molecular complexity index is 1290. The molecule has 4 rings (SSSR count). The van der Waals surface area contributed by atoms with Gasteiger partial charge < -0.3 is 14.3 Å². The first kappa shape index (κ1) is 22.0. The smallest absolute Gasteiger partial charge is 0.143 e. The van der Waals surface area contributed by atoms with Crippen LogP contribution in [0, 0.1) is 6.92 Å². The molecule has 8 heteroatoms. The van der Waals surface area contributed by atoms with Crippen molar-refractivity contribution in [3.05, 3.63) is 66.0 Å². The molecule has 1 unspecified atom stereocenters. The van der Waals surface area contributed by atoms with E-state index >= 15 is 0 Å². The Labute approximate surface area is 190 Å². The first-order valence-electron chi connectivity index (χ1n) is 10.6. The zero-order valence-electron chi connectivity index (χ0n) is 18.7. The van der Waals surface area contributed by atoms with Gasteiger partial charge in [0.2, 0.25) is 0 Å². The molecular formula is C24H27N5O2S. The number of nitrogens with zero attached hydrogens (tertiary/aromatic N) is 4. The van der Waals surface area contributed by atoms with Crippen molar-refractivity contribution in [2.75, 3.05) is 20.2 Å². The van der Waals surface area contributed by atoms with Crippen LogP contribution in [0.3, 0.4) is 0 Å². The van der Waals surface area contributed by atoms with Crippen molar-refractivity contribution in [1.29, 1.82) is 0 Å². The Balaban J connectivity index is 1.57. The Morgan fingerprint density at radius 3 is 2.66 bits per heavy atom. The molecule has 0 spiro atoms. The minimum absolute atomic E-state index is 0.735. The molecule has 32 heavy (non-hydrogen) atoms. The van der Waals surface area contributed by atoms with Crippen LogP contribution < -0.4 is 4.74 Å². The third-order valence-corrected chi connectivity index (χ3v) is 6.88. The van der Waals surface area contributed by atoms with Gasteiger partial charge in [-0.05, 0) is 48.9 Å². The molecular weight excluding hydrogens is 422 g/mol. The van der Waals surface area contributed by atoms with Crippen molar-refractivity contribution in [3.63, 3.8) is 0 Å². The number of aromatic amines is 1. The summed E-state index contributed by atoms with van der Waals surface area (Å²) in [5.74, 6) is 1.50. The summed E-state index contributed by atoms with van der Waals surface area (Å²) in [6.45, 7) is 7.45. The second-order valence-electron chi connectivity index (χ2n) is 7.35. The van der Waals surface area contributed by atoms with E-state index in [1.165, 1.54) is 0 Å². The molecule has 0 radical (unpaired) electrons. The molecule has 2 aromatic heterocycles. The van der Waals surface area contributed by atoms with Crippen LogP contribution in [0.1, 0.15) is 30.9 Å². The van der Waals surface area contributed by atoms with E-state index in [9.17, 15) is 4.21 Å². The first-order chi connectivity index (χ1) is 15.5. The molecule has 0 saturated heterocycles. The molecule has 0 aliphatic carbocycles. The summed E-state index contributed by atoms with van der Waals surface area (Å²) >= 11 is 0. The van der Waals surface area contributed by atoms with E-state index in [1.807, 2.05) is 84.4 Å². The number of methoxy groups -OCH3 is 1. The van der Waals surface area contributed by atoms with E-state index in [4.69, 9.17) is 4.74 Å². The Hall–Kier alpha value is -3.23. The average molecular weight is 450 g/mol. The van der Waals surface area contributed by atoms with Gasteiger partial charge in [0.25, 0.3) is 0 Å². The highest BCUT2D eigenvalue weighted by Crippen LogP contribution is 2.26. The first-order valence-corrected chi connectivity index (χ1v) is 11.7. The lowest BCUT2D eigenvalue weighted by Crippen LogP contribution is -2.25. The van der Waals surface area contributed by atoms with Gasteiger partial charge in [0.1, 0.15) is 22.6 Å². The van der Waals surface area contributed by atoms with Crippen LogP contribution in [-0.4, -0.2) is 48.2 Å². The highest BCUT2D eigenvalue weighted by molar-refractivity contribution is 7.82. The van der Waals surface area contributed by atoms with Gasteiger partial charge in [-0.15, -0.1) is 0 Å². The molecule has 0 amide bonds.